The summed E-state index contributed by atoms with van der Waals surface area (Å²) in [4.78, 5) is 9.58. The first kappa shape index (κ1) is 12.7. The minimum atomic E-state index is 0.656. The van der Waals surface area contributed by atoms with E-state index in [1.807, 2.05) is 13.1 Å². The van der Waals surface area contributed by atoms with Crippen LogP contribution in [0.5, 0.6) is 0 Å². The Kier molecular flexibility index (Phi) is 3.84. The number of hydrogen-bond acceptors (Lipinski definition) is 5. The van der Waals surface area contributed by atoms with Gasteiger partial charge in [0.25, 0.3) is 0 Å². The number of hydrogen-bond donors (Lipinski definition) is 1. The minimum Gasteiger partial charge on any atom is -0.379 e. The van der Waals surface area contributed by atoms with Crippen LogP contribution in [-0.2, 0) is 4.74 Å². The molecule has 3 rings (SSSR count). The van der Waals surface area contributed by atoms with E-state index in [0.29, 0.717) is 6.04 Å². The van der Waals surface area contributed by atoms with E-state index in [9.17, 15) is 0 Å². The van der Waals surface area contributed by atoms with E-state index in [4.69, 9.17) is 4.74 Å². The van der Waals surface area contributed by atoms with Gasteiger partial charge in [-0.25, -0.2) is 4.98 Å². The molecule has 1 aromatic rings. The molecule has 1 N–H and O–H groups in total. The van der Waals surface area contributed by atoms with Crippen LogP contribution >= 0.6 is 0 Å². The van der Waals surface area contributed by atoms with Crippen LogP contribution in [0.3, 0.4) is 0 Å². The summed E-state index contributed by atoms with van der Waals surface area (Å²) < 4.78 is 5.43. The Bertz CT molecular complexity index is 420. The highest BCUT2D eigenvalue weighted by molar-refractivity contribution is 5.47. The molecule has 0 radical (unpaired) electrons. The molecule has 1 unspecified atom stereocenters. The first-order valence-electron chi connectivity index (χ1n) is 7.08. The lowest BCUT2D eigenvalue weighted by molar-refractivity contribution is 0.0209. The molecule has 0 spiro atoms. The van der Waals surface area contributed by atoms with Gasteiger partial charge in [0.05, 0.1) is 13.2 Å². The van der Waals surface area contributed by atoms with Gasteiger partial charge < -0.3 is 15.0 Å². The molecule has 19 heavy (non-hydrogen) atoms. The van der Waals surface area contributed by atoms with E-state index < -0.39 is 0 Å². The average molecular weight is 262 g/mol. The van der Waals surface area contributed by atoms with Crippen LogP contribution in [0.2, 0.25) is 0 Å². The lowest BCUT2D eigenvalue weighted by atomic mass is 10.2. The van der Waals surface area contributed by atoms with Crippen LogP contribution in [-0.4, -0.2) is 62.4 Å². The summed E-state index contributed by atoms with van der Waals surface area (Å²) in [6, 6.07) is 6.82. The average Bonchev–Trinajstić information content (AvgIpc) is 2.98. The normalized spacial score (nSPS) is 24.7. The van der Waals surface area contributed by atoms with Crippen molar-refractivity contribution in [3.05, 3.63) is 18.2 Å². The standard InChI is InChI=1S/C14H22N4O/c1-15-13-3-2-4-14(16-13)18-6-5-12(11-18)17-7-9-19-10-8-17/h2-4,12H,5-11H2,1H3,(H,15,16). The third kappa shape index (κ3) is 2.82. The lowest BCUT2D eigenvalue weighted by Crippen LogP contribution is -2.44. The van der Waals surface area contributed by atoms with Gasteiger partial charge >= 0.3 is 0 Å². The Morgan fingerprint density at radius 1 is 1.26 bits per heavy atom. The second-order valence-corrected chi connectivity index (χ2v) is 5.17. The SMILES string of the molecule is CNc1cccc(N2CCC(N3CCOCC3)C2)n1. The number of aromatic nitrogens is 1. The van der Waals surface area contributed by atoms with Gasteiger partial charge in [-0.1, -0.05) is 6.07 Å². The topological polar surface area (TPSA) is 40.6 Å². The van der Waals surface area contributed by atoms with Crippen LogP contribution < -0.4 is 10.2 Å². The molecular formula is C14H22N4O. The summed E-state index contributed by atoms with van der Waals surface area (Å²) in [6.45, 7) is 6.08. The third-order valence-electron chi connectivity index (χ3n) is 4.04. The molecule has 0 bridgehead atoms. The van der Waals surface area contributed by atoms with Crippen molar-refractivity contribution in [3.8, 4) is 0 Å². The molecule has 5 nitrogen and oxygen atoms in total. The summed E-state index contributed by atoms with van der Waals surface area (Å²) in [5.74, 6) is 2.02. The maximum atomic E-state index is 5.43. The van der Waals surface area contributed by atoms with E-state index >= 15 is 0 Å². The summed E-state index contributed by atoms with van der Waals surface area (Å²) in [6.07, 6.45) is 1.23. The smallest absolute Gasteiger partial charge is 0.131 e. The van der Waals surface area contributed by atoms with Gasteiger partial charge in [0.1, 0.15) is 11.6 Å². The van der Waals surface area contributed by atoms with Crippen molar-refractivity contribution in [2.75, 3.05) is 56.7 Å². The molecule has 1 atom stereocenters. The fourth-order valence-corrected chi connectivity index (χ4v) is 2.93. The van der Waals surface area contributed by atoms with Gasteiger partial charge in [0.2, 0.25) is 0 Å². The van der Waals surface area contributed by atoms with E-state index in [1.165, 1.54) is 6.42 Å². The molecule has 2 aliphatic heterocycles. The molecule has 3 heterocycles. The number of nitrogens with zero attached hydrogens (tertiary/aromatic N) is 3. The maximum absolute atomic E-state index is 5.43. The fourth-order valence-electron chi connectivity index (χ4n) is 2.93. The van der Waals surface area contributed by atoms with Crippen LogP contribution in [0.15, 0.2) is 18.2 Å². The fraction of sp³-hybridized carbons (Fsp3) is 0.643. The molecule has 0 aliphatic carbocycles. The zero-order valence-electron chi connectivity index (χ0n) is 11.5. The van der Waals surface area contributed by atoms with Crippen molar-refractivity contribution in [2.24, 2.45) is 0 Å². The molecule has 0 saturated carbocycles. The van der Waals surface area contributed by atoms with Gasteiger partial charge in [-0.2, -0.15) is 0 Å². The van der Waals surface area contributed by atoms with E-state index in [-0.39, 0.29) is 0 Å². The zero-order valence-corrected chi connectivity index (χ0v) is 11.5. The number of pyridine rings is 1. The maximum Gasteiger partial charge on any atom is 0.131 e. The Balaban J connectivity index is 1.64. The number of nitrogens with one attached hydrogen (secondary N) is 1. The molecule has 2 fully saturated rings. The van der Waals surface area contributed by atoms with Gasteiger partial charge in [-0.15, -0.1) is 0 Å². The molecule has 5 heteroatoms. The first-order chi connectivity index (χ1) is 9.36. The van der Waals surface area contributed by atoms with Gasteiger partial charge in [-0.3, -0.25) is 4.90 Å². The lowest BCUT2D eigenvalue weighted by Gasteiger charge is -2.32. The van der Waals surface area contributed by atoms with E-state index in [1.54, 1.807) is 0 Å². The third-order valence-corrected chi connectivity index (χ3v) is 4.04. The van der Waals surface area contributed by atoms with Gasteiger partial charge in [-0.05, 0) is 18.6 Å². The van der Waals surface area contributed by atoms with Crippen molar-refractivity contribution in [2.45, 2.75) is 12.5 Å². The minimum absolute atomic E-state index is 0.656. The monoisotopic (exact) mass is 262 g/mol. The number of anilines is 2. The number of morpholine rings is 1. The van der Waals surface area contributed by atoms with Crippen LogP contribution in [0, 0.1) is 0 Å². The van der Waals surface area contributed by atoms with Crippen molar-refractivity contribution in [3.63, 3.8) is 0 Å². The van der Waals surface area contributed by atoms with Gasteiger partial charge in [0, 0.05) is 39.3 Å². The van der Waals surface area contributed by atoms with Crippen molar-refractivity contribution >= 4 is 11.6 Å². The van der Waals surface area contributed by atoms with Crippen molar-refractivity contribution in [1.29, 1.82) is 0 Å². The summed E-state index contributed by atoms with van der Waals surface area (Å²) >= 11 is 0. The second kappa shape index (κ2) is 5.75. The van der Waals surface area contributed by atoms with Crippen LogP contribution in [0.1, 0.15) is 6.42 Å². The second-order valence-electron chi connectivity index (χ2n) is 5.17. The molecule has 104 valence electrons. The Hall–Kier alpha value is -1.33. The van der Waals surface area contributed by atoms with E-state index in [2.05, 4.69) is 32.2 Å². The zero-order chi connectivity index (χ0) is 13.1. The van der Waals surface area contributed by atoms with Gasteiger partial charge in [0.15, 0.2) is 0 Å². The quantitative estimate of drug-likeness (QED) is 0.881. The van der Waals surface area contributed by atoms with Crippen molar-refractivity contribution in [1.82, 2.24) is 9.88 Å². The summed E-state index contributed by atoms with van der Waals surface area (Å²) in [7, 11) is 1.91. The first-order valence-corrected chi connectivity index (χ1v) is 7.08. The molecule has 0 amide bonds. The highest BCUT2D eigenvalue weighted by Crippen LogP contribution is 2.23. The summed E-state index contributed by atoms with van der Waals surface area (Å²) in [5.41, 5.74) is 0. The molecular weight excluding hydrogens is 240 g/mol. The highest BCUT2D eigenvalue weighted by Gasteiger charge is 2.29. The largest absolute Gasteiger partial charge is 0.379 e. The highest BCUT2D eigenvalue weighted by atomic mass is 16.5. The van der Waals surface area contributed by atoms with Crippen LogP contribution in [0.4, 0.5) is 11.6 Å². The van der Waals surface area contributed by atoms with Crippen LogP contribution in [0.25, 0.3) is 0 Å². The van der Waals surface area contributed by atoms with E-state index in [0.717, 1.165) is 51.0 Å². The molecule has 0 aromatic carbocycles. The summed E-state index contributed by atoms with van der Waals surface area (Å²) in [5, 5.41) is 3.10. The number of ether oxygens (including phenoxy) is 1. The predicted octanol–water partition coefficient (Wildman–Crippen LogP) is 1.03. The molecule has 2 aliphatic rings. The Morgan fingerprint density at radius 2 is 2.11 bits per heavy atom. The van der Waals surface area contributed by atoms with Crippen molar-refractivity contribution < 1.29 is 4.74 Å². The Labute approximate surface area is 114 Å². The molecule has 2 saturated heterocycles. The Morgan fingerprint density at radius 3 is 2.89 bits per heavy atom. The predicted molar refractivity (Wildman–Crippen MR) is 76.8 cm³/mol. The number of rotatable bonds is 3. The molecule has 1 aromatic heterocycles.